The van der Waals surface area contributed by atoms with Crippen LogP contribution in [0.2, 0.25) is 0 Å². The predicted octanol–water partition coefficient (Wildman–Crippen LogP) is 3.47. The number of nitrogens with zero attached hydrogens (tertiary/aromatic N) is 3. The number of benzene rings is 3. The van der Waals surface area contributed by atoms with Crippen molar-refractivity contribution in [3.05, 3.63) is 76.9 Å². The Bertz CT molecular complexity index is 2330. The first-order valence-electron chi connectivity index (χ1n) is 16.9. The molecule has 4 N–H and O–H groups in total. The zero-order valence-corrected chi connectivity index (χ0v) is 31.4. The predicted molar refractivity (Wildman–Crippen MR) is 188 cm³/mol. The molecule has 55 heavy (non-hydrogen) atoms. The minimum atomic E-state index is -5.04. The van der Waals surface area contributed by atoms with E-state index in [2.05, 4.69) is 5.32 Å². The molecule has 294 valence electrons. The van der Waals surface area contributed by atoms with Crippen LogP contribution in [0.1, 0.15) is 22.3 Å². The van der Waals surface area contributed by atoms with E-state index >= 15 is 13.2 Å². The standard InChI is InChI=1S/C34H34F4N5O9PS2/c35-25-17-22(6-5-21(25)19-39)52-53(47,48)20-41-55(49,50)27-18-24-28(36)29(37)32(30(38)33(24)54-27)51-16-15-43-12-9-42(10-13-43,11-14-43)8-2-7-40-34(46)23-3-1-4-26(44)31(23)45/h1,3-6,17-18,41H,2,7-16,20H2,(H2-2,40,44,45,46,47,48)/p+1. The number of ether oxygens (including phenoxy) is 1. The summed E-state index contributed by atoms with van der Waals surface area (Å²) in [5.41, 5.74) is -0.395. The summed E-state index contributed by atoms with van der Waals surface area (Å²) in [5.74, 6) is -8.47. The number of halogens is 4. The number of fused-ring (bicyclic) bond motifs is 4. The smallest absolute Gasteiger partial charge is 0.255 e. The van der Waals surface area contributed by atoms with Gasteiger partial charge in [0, 0.05) is 24.4 Å². The molecular formula is C34H35F4N5O9PS2+. The average molecular weight is 829 g/mol. The molecule has 1 aromatic heterocycles. The number of quaternary nitrogens is 2. The average Bonchev–Trinajstić information content (AvgIpc) is 3.62. The maximum atomic E-state index is 15.6. The maximum absolute atomic E-state index is 15.6. The van der Waals surface area contributed by atoms with Crippen LogP contribution in [0.5, 0.6) is 23.0 Å². The van der Waals surface area contributed by atoms with E-state index in [1.54, 1.807) is 10.8 Å². The number of sulfonamides is 1. The van der Waals surface area contributed by atoms with Gasteiger partial charge in [-0.05, 0) is 30.3 Å². The zero-order valence-electron chi connectivity index (χ0n) is 28.9. The van der Waals surface area contributed by atoms with E-state index in [-0.39, 0.29) is 34.8 Å². The summed E-state index contributed by atoms with van der Waals surface area (Å²) in [6.07, 6.45) is -0.649. The lowest BCUT2D eigenvalue weighted by atomic mass is 10.1. The number of amides is 1. The Kier molecular flexibility index (Phi) is 11.4. The molecule has 0 saturated carbocycles. The van der Waals surface area contributed by atoms with Crippen LogP contribution in [0.4, 0.5) is 17.6 Å². The van der Waals surface area contributed by atoms with Gasteiger partial charge in [-0.1, -0.05) is 6.07 Å². The second-order valence-electron chi connectivity index (χ2n) is 13.4. The van der Waals surface area contributed by atoms with Gasteiger partial charge in [-0.3, -0.25) is 9.36 Å². The Morgan fingerprint density at radius 3 is 2.31 bits per heavy atom. The molecule has 1 atom stereocenters. The molecule has 3 fully saturated rings. The van der Waals surface area contributed by atoms with Crippen molar-refractivity contribution in [2.45, 2.75) is 10.6 Å². The van der Waals surface area contributed by atoms with Crippen molar-refractivity contribution in [3.63, 3.8) is 0 Å². The summed E-state index contributed by atoms with van der Waals surface area (Å²) in [6, 6.07) is 8.95. The van der Waals surface area contributed by atoms with Gasteiger partial charge in [-0.15, -0.1) is 11.3 Å². The second-order valence-corrected chi connectivity index (χ2v) is 18.2. The molecule has 3 aliphatic heterocycles. The molecule has 0 radical (unpaired) electrons. The number of carbonyl (C=O) groups excluding carboxylic acids is 1. The van der Waals surface area contributed by atoms with E-state index in [0.717, 1.165) is 62.4 Å². The van der Waals surface area contributed by atoms with Crippen LogP contribution in [0.15, 0.2) is 46.7 Å². The minimum Gasteiger partial charge on any atom is -0.768 e. The van der Waals surface area contributed by atoms with Crippen LogP contribution in [0, 0.1) is 34.6 Å². The Morgan fingerprint density at radius 1 is 0.982 bits per heavy atom. The molecule has 4 aromatic rings. The highest BCUT2D eigenvalue weighted by molar-refractivity contribution is 7.92. The van der Waals surface area contributed by atoms with Crippen LogP contribution >= 0.6 is 18.9 Å². The van der Waals surface area contributed by atoms with Crippen molar-refractivity contribution in [2.75, 3.05) is 71.8 Å². The van der Waals surface area contributed by atoms with E-state index in [0.29, 0.717) is 36.1 Å². The molecule has 3 aromatic carbocycles. The minimum absolute atomic E-state index is 0.0172. The van der Waals surface area contributed by atoms with E-state index in [1.807, 2.05) is 0 Å². The van der Waals surface area contributed by atoms with Crippen molar-refractivity contribution in [2.24, 2.45) is 0 Å². The van der Waals surface area contributed by atoms with Gasteiger partial charge in [-0.25, -0.2) is 26.3 Å². The highest BCUT2D eigenvalue weighted by Crippen LogP contribution is 2.41. The summed E-state index contributed by atoms with van der Waals surface area (Å²) in [7, 11) is -9.78. The third-order valence-electron chi connectivity index (χ3n) is 10.1. The summed E-state index contributed by atoms with van der Waals surface area (Å²) in [5, 5.41) is 30.4. The van der Waals surface area contributed by atoms with Gasteiger partial charge in [-0.2, -0.15) is 9.65 Å². The number of hydrogen-bond donors (Lipinski definition) is 4. The van der Waals surface area contributed by atoms with Gasteiger partial charge in [0.1, 0.15) is 74.3 Å². The van der Waals surface area contributed by atoms with Gasteiger partial charge in [0.15, 0.2) is 36.5 Å². The molecule has 7 rings (SSSR count). The lowest BCUT2D eigenvalue weighted by Crippen LogP contribution is -2.75. The maximum Gasteiger partial charge on any atom is 0.255 e. The van der Waals surface area contributed by atoms with Crippen molar-refractivity contribution < 1.29 is 68.7 Å². The van der Waals surface area contributed by atoms with Crippen molar-refractivity contribution in [3.8, 4) is 29.1 Å². The fraction of sp³-hybridized carbons (Fsp3) is 0.353. The molecule has 3 aliphatic rings. The third-order valence-corrected chi connectivity index (χ3v) is 14.3. The second kappa shape index (κ2) is 15.6. The fourth-order valence-electron chi connectivity index (χ4n) is 6.82. The first-order chi connectivity index (χ1) is 26.0. The molecule has 1 unspecified atom stereocenters. The van der Waals surface area contributed by atoms with Gasteiger partial charge in [0.25, 0.3) is 15.9 Å². The number of para-hydroxylation sites is 1. The zero-order chi connectivity index (χ0) is 39.8. The molecular weight excluding hydrogens is 794 g/mol. The number of carbonyl (C=O) groups is 1. The summed E-state index contributed by atoms with van der Waals surface area (Å²) >= 11 is 0.234. The normalized spacial score (nSPS) is 20.5. The molecule has 0 spiro atoms. The lowest BCUT2D eigenvalue weighted by Gasteiger charge is -2.55. The number of nitrogens with one attached hydrogen (secondary N) is 2. The van der Waals surface area contributed by atoms with Crippen molar-refractivity contribution >= 4 is 44.9 Å². The molecule has 4 heterocycles. The van der Waals surface area contributed by atoms with Gasteiger partial charge >= 0.3 is 0 Å². The SMILES string of the molecule is N#Cc1ccc(OP(=O)([O-])CNS(=O)(=O)c2cc3c(F)c(F)c(OCC[N+]45CC[N+](CCCNC(=O)c6cccc(O)c6O)(CC4)CC5)c(F)c3s2)cc1F. The first-order valence-corrected chi connectivity index (χ1v) is 20.9. The topological polar surface area (TPSA) is 198 Å². The molecule has 1 amide bonds. The van der Waals surface area contributed by atoms with E-state index in [4.69, 9.17) is 14.5 Å². The molecule has 2 bridgehead atoms. The van der Waals surface area contributed by atoms with Crippen LogP contribution < -0.4 is 24.2 Å². The fourth-order valence-corrected chi connectivity index (χ4v) is 10.7. The Morgan fingerprint density at radius 2 is 1.65 bits per heavy atom. The number of aromatic hydroxyl groups is 2. The highest BCUT2D eigenvalue weighted by atomic mass is 32.2. The van der Waals surface area contributed by atoms with Crippen LogP contribution in [0.25, 0.3) is 10.1 Å². The Balaban J connectivity index is 1.02. The van der Waals surface area contributed by atoms with E-state index in [9.17, 15) is 37.3 Å². The first kappa shape index (κ1) is 40.2. The number of piperazine rings is 3. The van der Waals surface area contributed by atoms with Crippen molar-refractivity contribution in [1.29, 1.82) is 5.26 Å². The number of nitriles is 1. The Labute approximate surface area is 316 Å². The van der Waals surface area contributed by atoms with Crippen LogP contribution in [-0.4, -0.2) is 105 Å². The number of phenols is 2. The quantitative estimate of drug-likeness (QED) is 0.0344. The number of phenolic OH excluding ortho intramolecular Hbond substituents is 2. The Hall–Kier alpha value is -4.48. The lowest BCUT2D eigenvalue weighted by molar-refractivity contribution is -1.08. The molecule has 0 aliphatic carbocycles. The summed E-state index contributed by atoms with van der Waals surface area (Å²) in [6.45, 7) is 6.15. The van der Waals surface area contributed by atoms with Crippen LogP contribution in [-0.2, 0) is 14.6 Å². The molecule has 21 heteroatoms. The van der Waals surface area contributed by atoms with Gasteiger partial charge < -0.3 is 38.6 Å². The van der Waals surface area contributed by atoms with Gasteiger partial charge in [0.05, 0.1) is 28.7 Å². The number of hydrogen-bond acceptors (Lipinski definition) is 11. The monoisotopic (exact) mass is 828 g/mol. The van der Waals surface area contributed by atoms with Crippen molar-refractivity contribution in [1.82, 2.24) is 10.0 Å². The highest BCUT2D eigenvalue weighted by Gasteiger charge is 2.48. The third kappa shape index (κ3) is 8.53. The summed E-state index contributed by atoms with van der Waals surface area (Å²) in [4.78, 5) is 24.8. The molecule has 3 saturated heterocycles. The number of thiophene rings is 1. The van der Waals surface area contributed by atoms with E-state index in [1.165, 1.54) is 18.2 Å². The number of rotatable bonds is 15. The van der Waals surface area contributed by atoms with Gasteiger partial charge in [0.2, 0.25) is 5.82 Å². The largest absolute Gasteiger partial charge is 0.768 e. The molecule has 14 nitrogen and oxygen atoms in total. The van der Waals surface area contributed by atoms with Crippen LogP contribution in [0.3, 0.4) is 0 Å². The summed E-state index contributed by atoms with van der Waals surface area (Å²) < 4.78 is 110. The van der Waals surface area contributed by atoms with E-state index < -0.39 is 84.6 Å².